The highest BCUT2D eigenvalue weighted by Gasteiger charge is 2.25. The van der Waals surface area contributed by atoms with Crippen LogP contribution in [-0.4, -0.2) is 24.4 Å². The SMILES string of the molecule is Cn1cc(S(=O)(=O)NC(C)(C)C)cc1C(=O)Nc1cccc(Cl)c1F. The van der Waals surface area contributed by atoms with E-state index in [-0.39, 0.29) is 21.3 Å². The second-order valence-electron chi connectivity index (χ2n) is 6.58. The molecule has 2 N–H and O–H groups in total. The smallest absolute Gasteiger partial charge is 0.272 e. The molecule has 0 aliphatic heterocycles. The predicted molar refractivity (Wildman–Crippen MR) is 94.9 cm³/mol. The van der Waals surface area contributed by atoms with Crippen molar-refractivity contribution in [1.82, 2.24) is 9.29 Å². The number of rotatable bonds is 4. The van der Waals surface area contributed by atoms with Crippen molar-refractivity contribution in [3.8, 4) is 0 Å². The molecule has 0 bridgehead atoms. The zero-order valence-corrected chi connectivity index (χ0v) is 15.8. The average molecular weight is 388 g/mol. The minimum Gasteiger partial charge on any atom is -0.345 e. The van der Waals surface area contributed by atoms with Crippen LogP contribution < -0.4 is 10.0 Å². The van der Waals surface area contributed by atoms with E-state index < -0.39 is 27.3 Å². The summed E-state index contributed by atoms with van der Waals surface area (Å²) < 4.78 is 42.5. The molecule has 1 heterocycles. The van der Waals surface area contributed by atoms with Crippen LogP contribution in [0, 0.1) is 5.82 Å². The summed E-state index contributed by atoms with van der Waals surface area (Å²) in [7, 11) is -2.26. The van der Waals surface area contributed by atoms with Gasteiger partial charge >= 0.3 is 0 Å². The Hall–Kier alpha value is -1.90. The van der Waals surface area contributed by atoms with Gasteiger partial charge in [-0.15, -0.1) is 0 Å². The van der Waals surface area contributed by atoms with Crippen LogP contribution in [0.3, 0.4) is 0 Å². The number of benzene rings is 1. The Morgan fingerprint density at radius 3 is 2.52 bits per heavy atom. The Kier molecular flexibility index (Phi) is 5.27. The van der Waals surface area contributed by atoms with Crippen LogP contribution in [0.25, 0.3) is 0 Å². The van der Waals surface area contributed by atoms with Crippen LogP contribution in [-0.2, 0) is 17.1 Å². The van der Waals surface area contributed by atoms with Crippen molar-refractivity contribution in [3.63, 3.8) is 0 Å². The molecule has 136 valence electrons. The maximum atomic E-state index is 13.9. The molecule has 1 aromatic carbocycles. The molecule has 2 aromatic rings. The van der Waals surface area contributed by atoms with E-state index in [9.17, 15) is 17.6 Å². The van der Waals surface area contributed by atoms with Gasteiger partial charge in [-0.3, -0.25) is 4.79 Å². The van der Waals surface area contributed by atoms with E-state index in [4.69, 9.17) is 11.6 Å². The first kappa shape index (κ1) is 19.4. The summed E-state index contributed by atoms with van der Waals surface area (Å²) in [6.07, 6.45) is 1.32. The molecule has 0 saturated carbocycles. The normalized spacial score (nSPS) is 12.2. The summed E-state index contributed by atoms with van der Waals surface area (Å²) in [5.74, 6) is -1.41. The minimum atomic E-state index is -3.79. The van der Waals surface area contributed by atoms with E-state index in [0.29, 0.717) is 0 Å². The van der Waals surface area contributed by atoms with Gasteiger partial charge in [0, 0.05) is 18.8 Å². The first-order chi connectivity index (χ1) is 11.4. The largest absolute Gasteiger partial charge is 0.345 e. The van der Waals surface area contributed by atoms with Gasteiger partial charge in [0.25, 0.3) is 5.91 Å². The molecule has 0 saturated heterocycles. The summed E-state index contributed by atoms with van der Waals surface area (Å²) in [5, 5.41) is 2.26. The summed E-state index contributed by atoms with van der Waals surface area (Å²) in [5.41, 5.74) is -0.689. The number of aryl methyl sites for hydroxylation is 1. The van der Waals surface area contributed by atoms with Gasteiger partial charge in [-0.05, 0) is 39.0 Å². The summed E-state index contributed by atoms with van der Waals surface area (Å²) in [6, 6.07) is 5.44. The first-order valence-corrected chi connectivity index (χ1v) is 9.22. The van der Waals surface area contributed by atoms with Crippen LogP contribution >= 0.6 is 11.6 Å². The number of amides is 1. The first-order valence-electron chi connectivity index (χ1n) is 7.36. The van der Waals surface area contributed by atoms with Crippen LogP contribution in [0.15, 0.2) is 35.4 Å². The lowest BCUT2D eigenvalue weighted by molar-refractivity contribution is 0.101. The maximum Gasteiger partial charge on any atom is 0.272 e. The van der Waals surface area contributed by atoms with Crippen LogP contribution in [0.4, 0.5) is 10.1 Å². The summed E-state index contributed by atoms with van der Waals surface area (Å²) in [4.78, 5) is 12.3. The zero-order valence-electron chi connectivity index (χ0n) is 14.2. The van der Waals surface area contributed by atoms with Crippen molar-refractivity contribution < 1.29 is 17.6 Å². The highest BCUT2D eigenvalue weighted by molar-refractivity contribution is 7.89. The molecule has 0 atom stereocenters. The minimum absolute atomic E-state index is 0.0540. The number of sulfonamides is 1. The fraction of sp³-hybridized carbons (Fsp3) is 0.312. The molecule has 0 spiro atoms. The van der Waals surface area contributed by atoms with Gasteiger partial charge in [-0.1, -0.05) is 17.7 Å². The second-order valence-corrected chi connectivity index (χ2v) is 8.67. The van der Waals surface area contributed by atoms with Crippen molar-refractivity contribution in [2.24, 2.45) is 7.05 Å². The van der Waals surface area contributed by atoms with E-state index in [2.05, 4.69) is 10.0 Å². The molecule has 0 radical (unpaired) electrons. The lowest BCUT2D eigenvalue weighted by Gasteiger charge is -2.19. The summed E-state index contributed by atoms with van der Waals surface area (Å²) >= 11 is 5.68. The van der Waals surface area contributed by atoms with Gasteiger partial charge < -0.3 is 9.88 Å². The van der Waals surface area contributed by atoms with Gasteiger partial charge in [0.15, 0.2) is 5.82 Å². The number of hydrogen-bond donors (Lipinski definition) is 2. The van der Waals surface area contributed by atoms with Crippen LogP contribution in [0.5, 0.6) is 0 Å². The average Bonchev–Trinajstić information content (AvgIpc) is 2.84. The van der Waals surface area contributed by atoms with Crippen LogP contribution in [0.2, 0.25) is 5.02 Å². The zero-order chi connectivity index (χ0) is 19.0. The van der Waals surface area contributed by atoms with Gasteiger partial charge in [0.2, 0.25) is 10.0 Å². The molecule has 0 aliphatic carbocycles. The number of carbonyl (C=O) groups is 1. The third kappa shape index (κ3) is 4.59. The number of carbonyl (C=O) groups excluding carboxylic acids is 1. The van der Waals surface area contributed by atoms with Crippen molar-refractivity contribution >= 4 is 33.2 Å². The van der Waals surface area contributed by atoms with Gasteiger partial charge in [-0.2, -0.15) is 0 Å². The van der Waals surface area contributed by atoms with E-state index in [0.717, 1.165) is 0 Å². The number of anilines is 1. The van der Waals surface area contributed by atoms with Gasteiger partial charge in [-0.25, -0.2) is 17.5 Å². The van der Waals surface area contributed by atoms with E-state index >= 15 is 0 Å². The number of halogens is 2. The molecular formula is C16H19ClFN3O3S. The van der Waals surface area contributed by atoms with E-state index in [1.165, 1.54) is 42.1 Å². The Labute approximate surface area is 151 Å². The molecular weight excluding hydrogens is 369 g/mol. The maximum absolute atomic E-state index is 13.9. The Morgan fingerprint density at radius 1 is 1.28 bits per heavy atom. The Morgan fingerprint density at radius 2 is 1.92 bits per heavy atom. The molecule has 0 aliphatic rings. The van der Waals surface area contributed by atoms with Crippen molar-refractivity contribution in [3.05, 3.63) is 47.0 Å². The summed E-state index contributed by atoms with van der Waals surface area (Å²) in [6.45, 7) is 5.13. The highest BCUT2D eigenvalue weighted by atomic mass is 35.5. The van der Waals surface area contributed by atoms with E-state index in [1.807, 2.05) is 0 Å². The molecule has 25 heavy (non-hydrogen) atoms. The number of hydrogen-bond acceptors (Lipinski definition) is 3. The highest BCUT2D eigenvalue weighted by Crippen LogP contribution is 2.23. The fourth-order valence-electron chi connectivity index (χ4n) is 2.16. The van der Waals surface area contributed by atoms with Crippen molar-refractivity contribution in [1.29, 1.82) is 0 Å². The standard InChI is InChI=1S/C16H19ClFN3O3S/c1-16(2,3)20-25(23,24)10-8-13(21(4)9-10)15(22)19-12-7-5-6-11(17)14(12)18/h5-9,20H,1-4H3,(H,19,22). The topological polar surface area (TPSA) is 80.2 Å². The van der Waals surface area contributed by atoms with Gasteiger partial charge in [0.1, 0.15) is 10.6 Å². The Balaban J connectivity index is 2.31. The van der Waals surface area contributed by atoms with Crippen LogP contribution in [0.1, 0.15) is 31.3 Å². The van der Waals surface area contributed by atoms with Crippen molar-refractivity contribution in [2.45, 2.75) is 31.2 Å². The second kappa shape index (κ2) is 6.78. The lowest BCUT2D eigenvalue weighted by atomic mass is 10.1. The monoisotopic (exact) mass is 387 g/mol. The molecule has 6 nitrogen and oxygen atoms in total. The predicted octanol–water partition coefficient (Wildman–Crippen LogP) is 3.15. The lowest BCUT2D eigenvalue weighted by Crippen LogP contribution is -2.40. The number of nitrogens with zero attached hydrogens (tertiary/aromatic N) is 1. The molecule has 2 rings (SSSR count). The quantitative estimate of drug-likeness (QED) is 0.845. The van der Waals surface area contributed by atoms with Gasteiger partial charge in [0.05, 0.1) is 10.7 Å². The van der Waals surface area contributed by atoms with E-state index in [1.54, 1.807) is 20.8 Å². The molecule has 0 unspecified atom stereocenters. The molecule has 9 heteroatoms. The number of aromatic nitrogens is 1. The Bertz CT molecular complexity index is 917. The molecule has 1 amide bonds. The molecule has 1 aromatic heterocycles. The third-order valence-corrected chi connectivity index (χ3v) is 5.18. The third-order valence-electron chi connectivity index (χ3n) is 3.16. The number of nitrogens with one attached hydrogen (secondary N) is 2. The van der Waals surface area contributed by atoms with Crippen molar-refractivity contribution in [2.75, 3.05) is 5.32 Å². The fourth-order valence-corrected chi connectivity index (χ4v) is 3.82. The molecule has 0 fully saturated rings.